The molecule has 1 aromatic rings. The average molecular weight is 416 g/mol. The Morgan fingerprint density at radius 1 is 1.21 bits per heavy atom. The molecule has 7 heteroatoms. The maximum atomic E-state index is 13.4. The number of benzene rings is 1. The van der Waals surface area contributed by atoms with E-state index in [9.17, 15) is 13.5 Å². The second-order valence-corrected chi connectivity index (χ2v) is 10.1. The number of aliphatic hydroxyl groups is 1. The molecule has 1 aromatic carbocycles. The summed E-state index contributed by atoms with van der Waals surface area (Å²) >= 11 is 0. The topological polar surface area (TPSA) is 81.7 Å². The predicted molar refractivity (Wildman–Crippen MR) is 113 cm³/mol. The highest BCUT2D eigenvalue weighted by Gasteiger charge is 2.47. The van der Waals surface area contributed by atoms with E-state index < -0.39 is 15.7 Å². The van der Waals surface area contributed by atoms with E-state index in [4.69, 9.17) is 0 Å². The van der Waals surface area contributed by atoms with Crippen molar-refractivity contribution in [2.24, 2.45) is 0 Å². The summed E-state index contributed by atoms with van der Waals surface area (Å²) in [5.41, 5.74) is 2.50. The highest BCUT2D eigenvalue weighted by Crippen LogP contribution is 2.40. The van der Waals surface area contributed by atoms with Gasteiger partial charge in [-0.05, 0) is 44.9 Å². The summed E-state index contributed by atoms with van der Waals surface area (Å²) in [4.78, 5) is 0.260. The monoisotopic (exact) mass is 415 g/mol. The summed E-state index contributed by atoms with van der Waals surface area (Å²) in [7, 11) is -3.73. The molecule has 0 bridgehead atoms. The van der Waals surface area contributed by atoms with E-state index >= 15 is 0 Å². The summed E-state index contributed by atoms with van der Waals surface area (Å²) in [6.07, 6.45) is 11.0. The van der Waals surface area contributed by atoms with Crippen LogP contribution in [0, 0.1) is 6.92 Å². The van der Waals surface area contributed by atoms with Crippen LogP contribution in [0.4, 0.5) is 0 Å². The number of fused-ring (bicyclic) bond motifs is 1. The Morgan fingerprint density at radius 2 is 1.90 bits per heavy atom. The SMILES string of the molecule is Cc1ccc(S(=O)(=O)N2C=CC3=C(NC4CCCCC4)C(CO)=CNC32C)cc1. The number of rotatable bonds is 5. The van der Waals surface area contributed by atoms with Gasteiger partial charge >= 0.3 is 0 Å². The van der Waals surface area contributed by atoms with Gasteiger partial charge in [-0.25, -0.2) is 12.7 Å². The number of hydrogen-bond acceptors (Lipinski definition) is 5. The number of aliphatic hydroxyl groups excluding tert-OH is 1. The van der Waals surface area contributed by atoms with Crippen LogP contribution in [-0.4, -0.2) is 36.1 Å². The van der Waals surface area contributed by atoms with Crippen LogP contribution in [0.3, 0.4) is 0 Å². The molecular formula is C22H29N3O3S. The number of dihydropyridines is 1. The van der Waals surface area contributed by atoms with Crippen molar-refractivity contribution in [3.05, 3.63) is 65.1 Å². The maximum Gasteiger partial charge on any atom is 0.266 e. The van der Waals surface area contributed by atoms with Crippen molar-refractivity contribution in [3.63, 3.8) is 0 Å². The molecule has 3 N–H and O–H groups in total. The lowest BCUT2D eigenvalue weighted by Crippen LogP contribution is -2.56. The van der Waals surface area contributed by atoms with Crippen molar-refractivity contribution in [3.8, 4) is 0 Å². The van der Waals surface area contributed by atoms with E-state index in [0.29, 0.717) is 6.04 Å². The summed E-state index contributed by atoms with van der Waals surface area (Å²) in [5, 5.41) is 16.7. The number of sulfonamides is 1. The van der Waals surface area contributed by atoms with Gasteiger partial charge in [0, 0.05) is 35.3 Å². The van der Waals surface area contributed by atoms with Gasteiger partial charge in [-0.1, -0.05) is 37.0 Å². The third-order valence-electron chi connectivity index (χ3n) is 6.16. The highest BCUT2D eigenvalue weighted by molar-refractivity contribution is 7.89. The van der Waals surface area contributed by atoms with E-state index in [-0.39, 0.29) is 11.5 Å². The molecule has 0 aromatic heterocycles. The first kappa shape index (κ1) is 20.0. The molecule has 0 amide bonds. The Bertz CT molecular complexity index is 973. The van der Waals surface area contributed by atoms with Crippen molar-refractivity contribution in [1.29, 1.82) is 0 Å². The lowest BCUT2D eigenvalue weighted by molar-refractivity contribution is 0.281. The smallest absolute Gasteiger partial charge is 0.266 e. The summed E-state index contributed by atoms with van der Waals surface area (Å²) < 4.78 is 28.1. The van der Waals surface area contributed by atoms with E-state index in [0.717, 1.165) is 35.2 Å². The number of hydrogen-bond donors (Lipinski definition) is 3. The van der Waals surface area contributed by atoms with Crippen LogP contribution in [-0.2, 0) is 10.0 Å². The second kappa shape index (κ2) is 7.54. The number of nitrogens with one attached hydrogen (secondary N) is 2. The molecule has 3 aliphatic rings. The van der Waals surface area contributed by atoms with E-state index in [1.807, 2.05) is 19.9 Å². The Hall–Kier alpha value is -2.25. The fraction of sp³-hybridized carbons (Fsp3) is 0.455. The van der Waals surface area contributed by atoms with Gasteiger partial charge in [0.1, 0.15) is 5.66 Å². The highest BCUT2D eigenvalue weighted by atomic mass is 32.2. The minimum atomic E-state index is -3.73. The van der Waals surface area contributed by atoms with Gasteiger partial charge in [-0.3, -0.25) is 0 Å². The molecule has 1 aliphatic carbocycles. The summed E-state index contributed by atoms with van der Waals surface area (Å²) in [6, 6.07) is 7.24. The van der Waals surface area contributed by atoms with Gasteiger partial charge in [0.15, 0.2) is 0 Å². The van der Waals surface area contributed by atoms with Gasteiger partial charge in [0.2, 0.25) is 0 Å². The fourth-order valence-corrected chi connectivity index (χ4v) is 5.96. The minimum Gasteiger partial charge on any atom is -0.392 e. The third kappa shape index (κ3) is 3.46. The lowest BCUT2D eigenvalue weighted by atomic mass is 9.91. The molecular weight excluding hydrogens is 386 g/mol. The molecule has 0 spiro atoms. The van der Waals surface area contributed by atoms with Crippen molar-refractivity contribution in [2.75, 3.05) is 6.61 Å². The zero-order valence-electron chi connectivity index (χ0n) is 17.0. The van der Waals surface area contributed by atoms with Crippen molar-refractivity contribution in [2.45, 2.75) is 62.6 Å². The molecule has 2 aliphatic heterocycles. The first-order chi connectivity index (χ1) is 13.9. The lowest BCUT2D eigenvalue weighted by Gasteiger charge is -2.41. The minimum absolute atomic E-state index is 0.111. The number of nitrogens with zero attached hydrogens (tertiary/aromatic N) is 1. The molecule has 2 heterocycles. The van der Waals surface area contributed by atoms with Crippen LogP contribution < -0.4 is 10.6 Å². The van der Waals surface area contributed by atoms with Gasteiger partial charge in [0.05, 0.1) is 11.5 Å². The van der Waals surface area contributed by atoms with Gasteiger partial charge in [-0.15, -0.1) is 0 Å². The van der Waals surface area contributed by atoms with Crippen LogP contribution >= 0.6 is 0 Å². The van der Waals surface area contributed by atoms with Gasteiger partial charge in [0.25, 0.3) is 10.0 Å². The molecule has 29 heavy (non-hydrogen) atoms. The van der Waals surface area contributed by atoms with Crippen LogP contribution in [0.1, 0.15) is 44.6 Å². The third-order valence-corrected chi connectivity index (χ3v) is 8.03. The Morgan fingerprint density at radius 3 is 2.55 bits per heavy atom. The summed E-state index contributed by atoms with van der Waals surface area (Å²) in [5.74, 6) is 0. The van der Waals surface area contributed by atoms with Crippen LogP contribution in [0.15, 0.2) is 64.5 Å². The fourth-order valence-electron chi connectivity index (χ4n) is 4.40. The largest absolute Gasteiger partial charge is 0.392 e. The maximum absolute atomic E-state index is 13.4. The zero-order chi connectivity index (χ0) is 20.6. The molecule has 0 radical (unpaired) electrons. The van der Waals surface area contributed by atoms with E-state index in [1.54, 1.807) is 36.7 Å². The quantitative estimate of drug-likeness (QED) is 0.689. The molecule has 4 rings (SSSR count). The first-order valence-electron chi connectivity index (χ1n) is 10.2. The molecule has 1 saturated carbocycles. The van der Waals surface area contributed by atoms with E-state index in [2.05, 4.69) is 10.6 Å². The first-order valence-corrected chi connectivity index (χ1v) is 11.7. The Kier molecular flexibility index (Phi) is 5.21. The van der Waals surface area contributed by atoms with Gasteiger partial charge < -0.3 is 15.7 Å². The number of aryl methyl sites for hydroxylation is 1. The molecule has 1 unspecified atom stereocenters. The molecule has 1 fully saturated rings. The van der Waals surface area contributed by atoms with E-state index in [1.165, 1.54) is 23.6 Å². The van der Waals surface area contributed by atoms with Crippen molar-refractivity contribution >= 4 is 10.0 Å². The Labute approximate surface area is 173 Å². The van der Waals surface area contributed by atoms with Crippen LogP contribution in [0.2, 0.25) is 0 Å². The average Bonchev–Trinajstić information content (AvgIpc) is 3.08. The molecule has 0 saturated heterocycles. The van der Waals surface area contributed by atoms with Crippen LogP contribution in [0.5, 0.6) is 0 Å². The zero-order valence-corrected chi connectivity index (χ0v) is 17.8. The molecule has 1 atom stereocenters. The molecule has 156 valence electrons. The normalized spacial score (nSPS) is 24.9. The summed E-state index contributed by atoms with van der Waals surface area (Å²) in [6.45, 7) is 3.68. The standard InChI is InChI=1S/C22H29N3O3S/c1-16-8-10-19(11-9-16)29(27,28)25-13-12-20-21(24-18-6-4-3-5-7-18)17(15-26)14-23-22(20,25)2/h8-14,18,23-24,26H,3-7,15H2,1-2H3. The van der Waals surface area contributed by atoms with Crippen molar-refractivity contribution in [1.82, 2.24) is 14.9 Å². The second-order valence-electron chi connectivity index (χ2n) is 8.24. The molecule has 6 nitrogen and oxygen atoms in total. The predicted octanol–water partition coefficient (Wildman–Crippen LogP) is 2.89. The van der Waals surface area contributed by atoms with Crippen molar-refractivity contribution < 1.29 is 13.5 Å². The van der Waals surface area contributed by atoms with Crippen LogP contribution in [0.25, 0.3) is 0 Å². The van der Waals surface area contributed by atoms with Gasteiger partial charge in [-0.2, -0.15) is 0 Å². The Balaban J connectivity index is 1.71.